The first kappa shape index (κ1) is 20.5. The van der Waals surface area contributed by atoms with Crippen LogP contribution < -0.4 is 4.90 Å². The van der Waals surface area contributed by atoms with Gasteiger partial charge in [-0.15, -0.1) is 0 Å². The predicted molar refractivity (Wildman–Crippen MR) is 105 cm³/mol. The second kappa shape index (κ2) is 8.00. The maximum Gasteiger partial charge on any atom is 0.293 e. The Hall–Kier alpha value is -1.27. The van der Waals surface area contributed by atoms with Crippen molar-refractivity contribution in [1.29, 1.82) is 0 Å². The SMILES string of the molecule is CC1CN(S(=O)(=O)N2CCN(c3ccc(Br)cc3[N+](=O)[O-])CC2)CC(C)O1. The van der Waals surface area contributed by atoms with Crippen molar-refractivity contribution in [2.24, 2.45) is 0 Å². The molecule has 0 amide bonds. The molecule has 9 nitrogen and oxygen atoms in total. The van der Waals surface area contributed by atoms with Gasteiger partial charge in [0.1, 0.15) is 5.69 Å². The maximum absolute atomic E-state index is 13.0. The molecule has 0 spiro atoms. The van der Waals surface area contributed by atoms with Crippen LogP contribution in [0, 0.1) is 10.1 Å². The molecule has 0 aromatic heterocycles. The molecule has 2 atom stereocenters. The van der Waals surface area contributed by atoms with Gasteiger partial charge in [-0.2, -0.15) is 17.0 Å². The summed E-state index contributed by atoms with van der Waals surface area (Å²) in [6, 6.07) is 4.91. The lowest BCUT2D eigenvalue weighted by Crippen LogP contribution is -2.57. The molecular weight excluding hydrogens is 440 g/mol. The molecule has 1 aromatic carbocycles. The standard InChI is InChI=1S/C16H23BrN4O5S/c1-12-10-20(11-13(2)26-12)27(24,25)19-7-5-18(6-8-19)15-4-3-14(17)9-16(15)21(22)23/h3-4,9,12-13H,5-8,10-11H2,1-2H3. The van der Waals surface area contributed by atoms with Gasteiger partial charge in [-0.25, -0.2) is 0 Å². The van der Waals surface area contributed by atoms with Crippen LogP contribution in [-0.2, 0) is 14.9 Å². The summed E-state index contributed by atoms with van der Waals surface area (Å²) in [6.45, 7) is 5.78. The quantitative estimate of drug-likeness (QED) is 0.500. The molecule has 150 valence electrons. The van der Waals surface area contributed by atoms with Crippen molar-refractivity contribution in [3.8, 4) is 0 Å². The van der Waals surface area contributed by atoms with Gasteiger partial charge in [0.25, 0.3) is 15.9 Å². The summed E-state index contributed by atoms with van der Waals surface area (Å²) in [7, 11) is -3.57. The summed E-state index contributed by atoms with van der Waals surface area (Å²) >= 11 is 3.25. The number of hydrogen-bond acceptors (Lipinski definition) is 6. The van der Waals surface area contributed by atoms with E-state index < -0.39 is 15.1 Å². The zero-order chi connectivity index (χ0) is 19.8. The van der Waals surface area contributed by atoms with Crippen molar-refractivity contribution in [2.75, 3.05) is 44.2 Å². The molecule has 2 aliphatic rings. The van der Waals surface area contributed by atoms with E-state index in [1.54, 1.807) is 12.1 Å². The Labute approximate surface area is 167 Å². The third-order valence-electron chi connectivity index (χ3n) is 4.75. The lowest BCUT2D eigenvalue weighted by atomic mass is 10.2. The highest BCUT2D eigenvalue weighted by Crippen LogP contribution is 2.32. The normalized spacial score (nSPS) is 25.5. The largest absolute Gasteiger partial charge is 0.373 e. The highest BCUT2D eigenvalue weighted by Gasteiger charge is 2.37. The highest BCUT2D eigenvalue weighted by atomic mass is 79.9. The van der Waals surface area contributed by atoms with E-state index in [4.69, 9.17) is 4.74 Å². The second-order valence-corrected chi connectivity index (χ2v) is 9.70. The Morgan fingerprint density at radius 2 is 1.70 bits per heavy atom. The molecule has 2 heterocycles. The van der Waals surface area contributed by atoms with Crippen molar-refractivity contribution in [3.63, 3.8) is 0 Å². The van der Waals surface area contributed by atoms with Crippen molar-refractivity contribution in [2.45, 2.75) is 26.1 Å². The minimum Gasteiger partial charge on any atom is -0.373 e. The first-order chi connectivity index (χ1) is 12.7. The van der Waals surface area contributed by atoms with E-state index in [1.807, 2.05) is 18.7 Å². The molecule has 2 saturated heterocycles. The van der Waals surface area contributed by atoms with Gasteiger partial charge in [0.15, 0.2) is 0 Å². The molecule has 0 aliphatic carbocycles. The maximum atomic E-state index is 13.0. The van der Waals surface area contributed by atoms with E-state index in [0.29, 0.717) is 36.3 Å². The molecular formula is C16H23BrN4O5S. The van der Waals surface area contributed by atoms with Crippen molar-refractivity contribution in [3.05, 3.63) is 32.8 Å². The van der Waals surface area contributed by atoms with Gasteiger partial charge in [0.2, 0.25) is 0 Å². The molecule has 0 radical (unpaired) electrons. The molecule has 2 unspecified atom stereocenters. The van der Waals surface area contributed by atoms with Crippen LogP contribution in [0.25, 0.3) is 0 Å². The van der Waals surface area contributed by atoms with Crippen LogP contribution in [0.1, 0.15) is 13.8 Å². The molecule has 11 heteroatoms. The van der Waals surface area contributed by atoms with Gasteiger partial charge in [-0.05, 0) is 26.0 Å². The fourth-order valence-corrected chi connectivity index (χ4v) is 5.65. The number of nitro benzene ring substituents is 1. The molecule has 0 saturated carbocycles. The molecule has 2 aliphatic heterocycles. The summed E-state index contributed by atoms with van der Waals surface area (Å²) in [5.74, 6) is 0. The Morgan fingerprint density at radius 1 is 1.11 bits per heavy atom. The van der Waals surface area contributed by atoms with E-state index in [2.05, 4.69) is 15.9 Å². The number of nitro groups is 1. The number of nitrogens with zero attached hydrogens (tertiary/aromatic N) is 4. The van der Waals surface area contributed by atoms with E-state index in [0.717, 1.165) is 0 Å². The van der Waals surface area contributed by atoms with Crippen molar-refractivity contribution in [1.82, 2.24) is 8.61 Å². The van der Waals surface area contributed by atoms with Crippen LogP contribution in [0.2, 0.25) is 0 Å². The average Bonchev–Trinajstić information content (AvgIpc) is 2.61. The Bertz CT molecular complexity index is 803. The number of rotatable bonds is 4. The van der Waals surface area contributed by atoms with Crippen LogP contribution >= 0.6 is 15.9 Å². The predicted octanol–water partition coefficient (Wildman–Crippen LogP) is 1.83. The fourth-order valence-electron chi connectivity index (χ4n) is 3.55. The number of morpholine rings is 1. The van der Waals surface area contributed by atoms with E-state index in [9.17, 15) is 18.5 Å². The van der Waals surface area contributed by atoms with Gasteiger partial charge < -0.3 is 9.64 Å². The monoisotopic (exact) mass is 462 g/mol. The van der Waals surface area contributed by atoms with E-state index in [1.165, 1.54) is 14.7 Å². The van der Waals surface area contributed by atoms with E-state index >= 15 is 0 Å². The molecule has 27 heavy (non-hydrogen) atoms. The zero-order valence-corrected chi connectivity index (χ0v) is 17.6. The molecule has 2 fully saturated rings. The Balaban J connectivity index is 1.71. The van der Waals surface area contributed by atoms with Crippen LogP contribution in [0.4, 0.5) is 11.4 Å². The average molecular weight is 463 g/mol. The molecule has 0 N–H and O–H groups in total. The van der Waals surface area contributed by atoms with Crippen LogP contribution in [-0.4, -0.2) is 73.4 Å². The minimum atomic E-state index is -3.57. The van der Waals surface area contributed by atoms with Crippen molar-refractivity contribution >= 4 is 37.5 Å². The first-order valence-electron chi connectivity index (χ1n) is 8.78. The van der Waals surface area contributed by atoms with Crippen LogP contribution in [0.15, 0.2) is 22.7 Å². The summed E-state index contributed by atoms with van der Waals surface area (Å²) in [5.41, 5.74) is 0.519. The number of halogens is 1. The third kappa shape index (κ3) is 4.43. The number of benzene rings is 1. The van der Waals surface area contributed by atoms with Gasteiger partial charge in [0, 0.05) is 49.8 Å². The number of ether oxygens (including phenoxy) is 1. The number of piperazine rings is 1. The molecule has 1 aromatic rings. The van der Waals surface area contributed by atoms with Crippen molar-refractivity contribution < 1.29 is 18.1 Å². The summed E-state index contributed by atoms with van der Waals surface area (Å²) in [4.78, 5) is 12.8. The highest BCUT2D eigenvalue weighted by molar-refractivity contribution is 9.10. The van der Waals surface area contributed by atoms with Crippen LogP contribution in [0.5, 0.6) is 0 Å². The number of hydrogen-bond donors (Lipinski definition) is 0. The zero-order valence-electron chi connectivity index (χ0n) is 15.2. The molecule has 3 rings (SSSR count). The van der Waals surface area contributed by atoms with Gasteiger partial charge in [0.05, 0.1) is 17.1 Å². The van der Waals surface area contributed by atoms with Gasteiger partial charge in [-0.1, -0.05) is 15.9 Å². The lowest BCUT2D eigenvalue weighted by molar-refractivity contribution is -0.384. The summed E-state index contributed by atoms with van der Waals surface area (Å²) in [6.07, 6.45) is -0.287. The fraction of sp³-hybridized carbons (Fsp3) is 0.625. The van der Waals surface area contributed by atoms with E-state index in [-0.39, 0.29) is 31.0 Å². The Kier molecular flexibility index (Phi) is 6.06. The first-order valence-corrected chi connectivity index (χ1v) is 11.0. The topological polar surface area (TPSA) is 96.2 Å². The summed E-state index contributed by atoms with van der Waals surface area (Å²) < 4.78 is 35.1. The van der Waals surface area contributed by atoms with Gasteiger partial charge >= 0.3 is 0 Å². The summed E-state index contributed by atoms with van der Waals surface area (Å²) in [5, 5.41) is 11.3. The second-order valence-electron chi connectivity index (χ2n) is 6.86. The smallest absolute Gasteiger partial charge is 0.293 e. The molecule has 0 bridgehead atoms. The third-order valence-corrected chi connectivity index (χ3v) is 7.21. The van der Waals surface area contributed by atoms with Gasteiger partial charge in [-0.3, -0.25) is 10.1 Å². The minimum absolute atomic E-state index is 0.0107. The van der Waals surface area contributed by atoms with Crippen LogP contribution in [0.3, 0.4) is 0 Å². The lowest BCUT2D eigenvalue weighted by Gasteiger charge is -2.40. The Morgan fingerprint density at radius 3 is 2.26 bits per heavy atom. The number of anilines is 1.